The van der Waals surface area contributed by atoms with E-state index < -0.39 is 4.92 Å². The van der Waals surface area contributed by atoms with Gasteiger partial charge in [-0.1, -0.05) is 54.2 Å². The number of non-ortho nitro benzene ring substituents is 1. The van der Waals surface area contributed by atoms with E-state index in [2.05, 4.69) is 9.97 Å². The van der Waals surface area contributed by atoms with Crippen LogP contribution in [-0.4, -0.2) is 14.9 Å². The van der Waals surface area contributed by atoms with E-state index in [0.29, 0.717) is 20.9 Å². The molecule has 0 unspecified atom stereocenters. The van der Waals surface area contributed by atoms with Crippen LogP contribution in [0.5, 0.6) is 0 Å². The van der Waals surface area contributed by atoms with Gasteiger partial charge in [-0.05, 0) is 33.7 Å². The van der Waals surface area contributed by atoms with Gasteiger partial charge in [-0.25, -0.2) is 4.98 Å². The average molecular weight is 479 g/mol. The van der Waals surface area contributed by atoms with E-state index in [-0.39, 0.29) is 11.2 Å². The molecule has 0 radical (unpaired) electrons. The van der Waals surface area contributed by atoms with Gasteiger partial charge in [0.2, 0.25) is 0 Å². The van der Waals surface area contributed by atoms with E-state index in [1.165, 1.54) is 23.9 Å². The minimum Gasteiger partial charge on any atom is -0.301 e. The Morgan fingerprint density at radius 3 is 2.42 bits per heavy atom. The van der Waals surface area contributed by atoms with Crippen LogP contribution in [0.15, 0.2) is 64.5 Å². The topological polar surface area (TPSA) is 88.9 Å². The molecule has 0 atom stereocenters. The quantitative estimate of drug-likeness (QED) is 0.189. The summed E-state index contributed by atoms with van der Waals surface area (Å²) in [4.78, 5) is 29.8. The summed E-state index contributed by atoms with van der Waals surface area (Å²) >= 11 is 3.41. The monoisotopic (exact) mass is 479 g/mol. The number of rotatable bonds is 6. The van der Waals surface area contributed by atoms with E-state index in [4.69, 9.17) is 0 Å². The van der Waals surface area contributed by atoms with Gasteiger partial charge < -0.3 is 4.98 Å². The van der Waals surface area contributed by atoms with Crippen LogP contribution in [0.2, 0.25) is 0 Å². The summed E-state index contributed by atoms with van der Waals surface area (Å²) in [5.41, 5.74) is 2.66. The molecule has 0 fully saturated rings. The number of benzene rings is 2. The van der Waals surface area contributed by atoms with E-state index >= 15 is 0 Å². The molecule has 0 aliphatic carbocycles. The lowest BCUT2D eigenvalue weighted by Crippen LogP contribution is -2.16. The summed E-state index contributed by atoms with van der Waals surface area (Å²) in [6, 6.07) is 16.2. The number of H-pyrrole nitrogens is 1. The summed E-state index contributed by atoms with van der Waals surface area (Å²) in [6.07, 6.45) is 0.591. The first-order valence-electron chi connectivity index (χ1n) is 7.71. The lowest BCUT2D eigenvalue weighted by molar-refractivity contribution is -0.384. The van der Waals surface area contributed by atoms with Crippen molar-refractivity contribution in [3.8, 4) is 0 Å². The second kappa shape index (κ2) is 8.45. The molecule has 0 amide bonds. The Labute approximate surface area is 167 Å². The zero-order valence-electron chi connectivity index (χ0n) is 13.5. The maximum absolute atomic E-state index is 12.2. The first-order valence-corrected chi connectivity index (χ1v) is 9.78. The molecule has 1 heterocycles. The molecule has 0 aliphatic heterocycles. The van der Waals surface area contributed by atoms with E-state index in [1.54, 1.807) is 12.1 Å². The van der Waals surface area contributed by atoms with Crippen molar-refractivity contribution in [3.05, 3.63) is 95.5 Å². The second-order valence-corrected chi connectivity index (χ2v) is 7.55. The Morgan fingerprint density at radius 2 is 1.77 bits per heavy atom. The van der Waals surface area contributed by atoms with Gasteiger partial charge in [-0.2, -0.15) is 0 Å². The molecule has 2 aromatic carbocycles. The largest absolute Gasteiger partial charge is 0.301 e. The van der Waals surface area contributed by atoms with Crippen molar-refractivity contribution in [2.24, 2.45) is 0 Å². The summed E-state index contributed by atoms with van der Waals surface area (Å²) in [6.45, 7) is 0. The molecule has 0 spiro atoms. The van der Waals surface area contributed by atoms with Crippen molar-refractivity contribution in [2.75, 3.05) is 0 Å². The van der Waals surface area contributed by atoms with Crippen molar-refractivity contribution in [1.29, 1.82) is 0 Å². The molecule has 26 heavy (non-hydrogen) atoms. The summed E-state index contributed by atoms with van der Waals surface area (Å²) < 4.78 is 0.589. The fraction of sp³-hybridized carbons (Fsp3) is 0.111. The molecule has 3 rings (SSSR count). The smallest absolute Gasteiger partial charge is 0.269 e. The normalized spacial score (nSPS) is 10.7. The zero-order chi connectivity index (χ0) is 18.5. The molecule has 132 valence electrons. The number of nitrogens with one attached hydrogen (secondary N) is 1. The molecule has 6 nitrogen and oxygen atoms in total. The van der Waals surface area contributed by atoms with Crippen LogP contribution in [0, 0.1) is 13.7 Å². The number of hydrogen-bond donors (Lipinski definition) is 1. The SMILES string of the molecule is O=c1[nH]c(SCc2ccc([N+](=O)[O-])cc2)nc(Cc2ccccc2)c1I. The molecule has 0 bridgehead atoms. The van der Waals surface area contributed by atoms with Gasteiger partial charge in [0.25, 0.3) is 11.2 Å². The van der Waals surface area contributed by atoms with Crippen molar-refractivity contribution in [1.82, 2.24) is 9.97 Å². The molecular formula is C18H14IN3O3S. The second-order valence-electron chi connectivity index (χ2n) is 5.51. The molecule has 0 saturated heterocycles. The molecular weight excluding hydrogens is 465 g/mol. The van der Waals surface area contributed by atoms with Gasteiger partial charge in [0, 0.05) is 24.3 Å². The van der Waals surface area contributed by atoms with Crippen molar-refractivity contribution in [2.45, 2.75) is 17.3 Å². The number of thioether (sulfide) groups is 1. The Kier molecular flexibility index (Phi) is 6.04. The standard InChI is InChI=1S/C18H14IN3O3S/c19-16-15(10-12-4-2-1-3-5-12)20-18(21-17(16)23)26-11-13-6-8-14(9-7-13)22(24)25/h1-9H,10-11H2,(H,20,21,23). The Balaban J connectivity index is 1.75. The van der Waals surface area contributed by atoms with Crippen molar-refractivity contribution in [3.63, 3.8) is 0 Å². The Morgan fingerprint density at radius 1 is 1.08 bits per heavy atom. The van der Waals surface area contributed by atoms with Gasteiger partial charge in [-0.15, -0.1) is 0 Å². The number of aromatic amines is 1. The van der Waals surface area contributed by atoms with Crippen LogP contribution >= 0.6 is 34.4 Å². The number of nitrogens with zero attached hydrogens (tertiary/aromatic N) is 2. The van der Waals surface area contributed by atoms with Gasteiger partial charge >= 0.3 is 0 Å². The van der Waals surface area contributed by atoms with E-state index in [0.717, 1.165) is 16.8 Å². The average Bonchev–Trinajstić information content (AvgIpc) is 2.65. The lowest BCUT2D eigenvalue weighted by atomic mass is 10.1. The van der Waals surface area contributed by atoms with E-state index in [1.807, 2.05) is 52.9 Å². The summed E-state index contributed by atoms with van der Waals surface area (Å²) in [5, 5.41) is 11.2. The number of aromatic nitrogens is 2. The fourth-order valence-electron chi connectivity index (χ4n) is 2.32. The zero-order valence-corrected chi connectivity index (χ0v) is 16.5. The van der Waals surface area contributed by atoms with Gasteiger partial charge in [-0.3, -0.25) is 14.9 Å². The van der Waals surface area contributed by atoms with Gasteiger partial charge in [0.05, 0.1) is 10.6 Å². The number of hydrogen-bond acceptors (Lipinski definition) is 5. The molecule has 0 aliphatic rings. The van der Waals surface area contributed by atoms with Crippen molar-refractivity contribution < 1.29 is 4.92 Å². The minimum absolute atomic E-state index is 0.0599. The molecule has 8 heteroatoms. The third-order valence-electron chi connectivity index (χ3n) is 3.65. The van der Waals surface area contributed by atoms with E-state index in [9.17, 15) is 14.9 Å². The van der Waals surface area contributed by atoms with Crippen LogP contribution in [0.25, 0.3) is 0 Å². The molecule has 3 aromatic rings. The van der Waals surface area contributed by atoms with Crippen LogP contribution in [0.3, 0.4) is 0 Å². The highest BCUT2D eigenvalue weighted by Crippen LogP contribution is 2.22. The third-order valence-corrected chi connectivity index (χ3v) is 5.70. The maximum Gasteiger partial charge on any atom is 0.269 e. The predicted molar refractivity (Wildman–Crippen MR) is 109 cm³/mol. The molecule has 1 N–H and O–H groups in total. The van der Waals surface area contributed by atoms with Crippen LogP contribution in [0.1, 0.15) is 16.8 Å². The Hall–Kier alpha value is -2.20. The van der Waals surface area contributed by atoms with Crippen LogP contribution < -0.4 is 5.56 Å². The maximum atomic E-state index is 12.2. The lowest BCUT2D eigenvalue weighted by Gasteiger charge is -2.07. The minimum atomic E-state index is -0.426. The molecule has 1 aromatic heterocycles. The first kappa shape index (κ1) is 18.6. The van der Waals surface area contributed by atoms with Crippen molar-refractivity contribution >= 4 is 40.0 Å². The number of nitro groups is 1. The Bertz CT molecular complexity index is 975. The highest BCUT2D eigenvalue weighted by molar-refractivity contribution is 14.1. The summed E-state index contributed by atoms with van der Waals surface area (Å²) in [5.74, 6) is 0.562. The highest BCUT2D eigenvalue weighted by Gasteiger charge is 2.11. The number of halogens is 1. The molecule has 0 saturated carbocycles. The van der Waals surface area contributed by atoms with Crippen LogP contribution in [0.4, 0.5) is 5.69 Å². The number of nitro benzene ring substituents is 1. The predicted octanol–water partition coefficient (Wildman–Crippen LogP) is 4.17. The summed E-state index contributed by atoms with van der Waals surface area (Å²) in [7, 11) is 0. The third kappa shape index (κ3) is 4.70. The van der Waals surface area contributed by atoms with Gasteiger partial charge in [0.1, 0.15) is 3.57 Å². The highest BCUT2D eigenvalue weighted by atomic mass is 127. The first-order chi connectivity index (χ1) is 12.5. The van der Waals surface area contributed by atoms with Gasteiger partial charge in [0.15, 0.2) is 5.16 Å². The fourth-order valence-corrected chi connectivity index (χ4v) is 3.60. The van der Waals surface area contributed by atoms with Crippen LogP contribution in [-0.2, 0) is 12.2 Å².